The Labute approximate surface area is 77.5 Å². The lowest BCUT2D eigenvalue weighted by Crippen LogP contribution is -1.89. The Kier molecular flexibility index (Phi) is 1.76. The number of halogens is 1. The minimum Gasteiger partial charge on any atom is -0.398 e. The molecule has 0 aliphatic heterocycles. The van der Waals surface area contributed by atoms with Gasteiger partial charge in [-0.05, 0) is 30.0 Å². The number of nitrogens with two attached hydrogens (primary N) is 1. The van der Waals surface area contributed by atoms with Gasteiger partial charge in [-0.3, -0.25) is 0 Å². The molecule has 12 heavy (non-hydrogen) atoms. The molecule has 1 aromatic carbocycles. The molecule has 1 nitrogen and oxygen atoms in total. The van der Waals surface area contributed by atoms with E-state index in [1.54, 1.807) is 0 Å². The van der Waals surface area contributed by atoms with Gasteiger partial charge < -0.3 is 5.73 Å². The van der Waals surface area contributed by atoms with Crippen molar-refractivity contribution < 1.29 is 0 Å². The molecule has 1 fully saturated rings. The second-order valence-electron chi connectivity index (χ2n) is 3.37. The SMILES string of the molecule is CC1C[C]1c1ccc(Cl)c(N)c1. The summed E-state index contributed by atoms with van der Waals surface area (Å²) in [5, 5.41) is 0.646. The predicted octanol–water partition coefficient (Wildman–Crippen LogP) is 2.88. The minimum absolute atomic E-state index is 0.646. The third-order valence-corrected chi connectivity index (χ3v) is 2.67. The van der Waals surface area contributed by atoms with Crippen LogP contribution < -0.4 is 5.73 Å². The zero-order chi connectivity index (χ0) is 8.72. The third kappa shape index (κ3) is 1.29. The van der Waals surface area contributed by atoms with E-state index in [-0.39, 0.29) is 0 Å². The molecule has 2 N–H and O–H groups in total. The third-order valence-electron chi connectivity index (χ3n) is 2.33. The molecule has 0 heterocycles. The van der Waals surface area contributed by atoms with Gasteiger partial charge in [-0.15, -0.1) is 0 Å². The van der Waals surface area contributed by atoms with Crippen LogP contribution in [0.15, 0.2) is 18.2 Å². The van der Waals surface area contributed by atoms with E-state index in [9.17, 15) is 0 Å². The van der Waals surface area contributed by atoms with E-state index in [1.165, 1.54) is 17.9 Å². The molecule has 1 aromatic rings. The molecule has 0 spiro atoms. The molecule has 0 saturated heterocycles. The van der Waals surface area contributed by atoms with Crippen molar-refractivity contribution in [3.63, 3.8) is 0 Å². The summed E-state index contributed by atoms with van der Waals surface area (Å²) in [4.78, 5) is 0. The van der Waals surface area contributed by atoms with Gasteiger partial charge in [-0.1, -0.05) is 24.6 Å². The number of benzene rings is 1. The van der Waals surface area contributed by atoms with Crippen molar-refractivity contribution in [1.29, 1.82) is 0 Å². The summed E-state index contributed by atoms with van der Waals surface area (Å²) in [6, 6.07) is 5.86. The molecule has 63 valence electrons. The Morgan fingerprint density at radius 3 is 2.67 bits per heavy atom. The lowest BCUT2D eigenvalue weighted by molar-refractivity contribution is 0.997. The zero-order valence-electron chi connectivity index (χ0n) is 6.97. The van der Waals surface area contributed by atoms with Gasteiger partial charge in [0, 0.05) is 5.92 Å². The fraction of sp³-hybridized carbons (Fsp3) is 0.300. The lowest BCUT2D eigenvalue weighted by Gasteiger charge is -2.01. The van der Waals surface area contributed by atoms with E-state index in [2.05, 4.69) is 6.92 Å². The average Bonchev–Trinajstić information content (AvgIpc) is 2.73. The first-order valence-corrected chi connectivity index (χ1v) is 4.47. The number of anilines is 1. The Morgan fingerprint density at radius 1 is 1.50 bits per heavy atom. The van der Waals surface area contributed by atoms with Crippen LogP contribution in [0.2, 0.25) is 5.02 Å². The molecule has 0 amide bonds. The summed E-state index contributed by atoms with van der Waals surface area (Å²) in [7, 11) is 0. The number of hydrogen-bond acceptors (Lipinski definition) is 1. The van der Waals surface area contributed by atoms with Crippen LogP contribution in [-0.2, 0) is 0 Å². The fourth-order valence-electron chi connectivity index (χ4n) is 1.42. The molecule has 1 saturated carbocycles. The predicted molar refractivity (Wildman–Crippen MR) is 52.0 cm³/mol. The molecule has 1 atom stereocenters. The van der Waals surface area contributed by atoms with E-state index in [0.717, 1.165) is 5.92 Å². The monoisotopic (exact) mass is 180 g/mol. The van der Waals surface area contributed by atoms with Gasteiger partial charge >= 0.3 is 0 Å². The van der Waals surface area contributed by atoms with Crippen LogP contribution in [0.1, 0.15) is 18.9 Å². The quantitative estimate of drug-likeness (QED) is 0.661. The summed E-state index contributed by atoms with van der Waals surface area (Å²) in [5.41, 5.74) is 7.62. The first-order valence-electron chi connectivity index (χ1n) is 4.09. The molecule has 1 aliphatic carbocycles. The Morgan fingerprint density at radius 2 is 2.17 bits per heavy atom. The minimum atomic E-state index is 0.646. The van der Waals surface area contributed by atoms with Gasteiger partial charge in [-0.25, -0.2) is 0 Å². The highest BCUT2D eigenvalue weighted by Gasteiger charge is 2.34. The maximum absolute atomic E-state index is 5.81. The van der Waals surface area contributed by atoms with Crippen LogP contribution >= 0.6 is 11.6 Å². The van der Waals surface area contributed by atoms with Gasteiger partial charge in [0.1, 0.15) is 0 Å². The van der Waals surface area contributed by atoms with E-state index in [4.69, 9.17) is 17.3 Å². The maximum atomic E-state index is 5.81. The van der Waals surface area contributed by atoms with Crippen molar-refractivity contribution in [3.05, 3.63) is 34.7 Å². The standard InChI is InChI=1S/C10H11ClN/c1-6-4-8(6)7-2-3-9(11)10(12)5-7/h2-3,5-6H,4,12H2,1H3. The summed E-state index contributed by atoms with van der Waals surface area (Å²) in [6.45, 7) is 2.22. The number of rotatable bonds is 1. The van der Waals surface area contributed by atoms with Crippen LogP contribution in [-0.4, -0.2) is 0 Å². The Bertz CT molecular complexity index is 309. The van der Waals surface area contributed by atoms with Crippen LogP contribution in [0, 0.1) is 11.8 Å². The summed E-state index contributed by atoms with van der Waals surface area (Å²) in [5.74, 6) is 2.24. The van der Waals surface area contributed by atoms with Gasteiger partial charge in [-0.2, -0.15) is 0 Å². The molecular weight excluding hydrogens is 170 g/mol. The second-order valence-corrected chi connectivity index (χ2v) is 3.77. The zero-order valence-corrected chi connectivity index (χ0v) is 7.73. The van der Waals surface area contributed by atoms with E-state index in [1.807, 2.05) is 18.2 Å². The van der Waals surface area contributed by atoms with Crippen molar-refractivity contribution in [2.45, 2.75) is 13.3 Å². The van der Waals surface area contributed by atoms with E-state index in [0.29, 0.717) is 10.7 Å². The molecule has 1 aliphatic rings. The summed E-state index contributed by atoms with van der Waals surface area (Å²) in [6.07, 6.45) is 1.21. The van der Waals surface area contributed by atoms with Gasteiger partial charge in [0.25, 0.3) is 0 Å². The Hall–Kier alpha value is -0.690. The number of nitrogen functional groups attached to an aromatic ring is 1. The lowest BCUT2D eigenvalue weighted by atomic mass is 10.1. The normalized spacial score (nSPS) is 22.7. The summed E-state index contributed by atoms with van der Waals surface area (Å²) < 4.78 is 0. The molecule has 2 rings (SSSR count). The van der Waals surface area contributed by atoms with Crippen LogP contribution in [0.25, 0.3) is 0 Å². The largest absolute Gasteiger partial charge is 0.398 e. The van der Waals surface area contributed by atoms with Gasteiger partial charge in [0.15, 0.2) is 0 Å². The van der Waals surface area contributed by atoms with Crippen LogP contribution in [0.3, 0.4) is 0 Å². The molecule has 0 bridgehead atoms. The van der Waals surface area contributed by atoms with Crippen molar-refractivity contribution in [2.24, 2.45) is 5.92 Å². The topological polar surface area (TPSA) is 26.0 Å². The van der Waals surface area contributed by atoms with Gasteiger partial charge in [0.2, 0.25) is 0 Å². The smallest absolute Gasteiger partial charge is 0.0635 e. The maximum Gasteiger partial charge on any atom is 0.0635 e. The first-order chi connectivity index (χ1) is 5.68. The van der Waals surface area contributed by atoms with Crippen molar-refractivity contribution in [1.82, 2.24) is 0 Å². The first kappa shape index (κ1) is 7.93. The molecule has 1 radical (unpaired) electrons. The van der Waals surface area contributed by atoms with Crippen molar-refractivity contribution >= 4 is 17.3 Å². The molecular formula is C10H11ClN. The van der Waals surface area contributed by atoms with Crippen molar-refractivity contribution in [3.8, 4) is 0 Å². The fourth-order valence-corrected chi connectivity index (χ4v) is 1.53. The van der Waals surface area contributed by atoms with Crippen molar-refractivity contribution in [2.75, 3.05) is 5.73 Å². The average molecular weight is 181 g/mol. The summed E-state index contributed by atoms with van der Waals surface area (Å²) >= 11 is 5.81. The highest BCUT2D eigenvalue weighted by Crippen LogP contribution is 2.46. The highest BCUT2D eigenvalue weighted by molar-refractivity contribution is 6.33. The van der Waals surface area contributed by atoms with E-state index >= 15 is 0 Å². The number of hydrogen-bond donors (Lipinski definition) is 1. The van der Waals surface area contributed by atoms with Gasteiger partial charge in [0.05, 0.1) is 10.7 Å². The van der Waals surface area contributed by atoms with Crippen LogP contribution in [0.5, 0.6) is 0 Å². The second kappa shape index (κ2) is 2.67. The Balaban J connectivity index is 2.29. The molecule has 0 aromatic heterocycles. The molecule has 2 heteroatoms. The molecule has 1 unspecified atom stereocenters. The van der Waals surface area contributed by atoms with Crippen LogP contribution in [0.4, 0.5) is 5.69 Å². The van der Waals surface area contributed by atoms with E-state index < -0.39 is 0 Å². The highest BCUT2D eigenvalue weighted by atomic mass is 35.5.